The van der Waals surface area contributed by atoms with Crippen molar-refractivity contribution in [2.24, 2.45) is 5.10 Å². The van der Waals surface area contributed by atoms with Crippen molar-refractivity contribution >= 4 is 5.71 Å². The van der Waals surface area contributed by atoms with Gasteiger partial charge in [0.25, 0.3) is 0 Å². The SMILES string of the molecule is CCC[NH+]1CCC2(CC1)Oc1ccccc1[C@@H]1CC(c3ccc(C)o3)=NN12. The summed E-state index contributed by atoms with van der Waals surface area (Å²) in [6, 6.07) is 12.8. The molecule has 27 heavy (non-hydrogen) atoms. The number of benzene rings is 1. The number of nitrogens with zero attached hydrogens (tertiary/aromatic N) is 2. The summed E-state index contributed by atoms with van der Waals surface area (Å²) in [5, 5.41) is 7.33. The summed E-state index contributed by atoms with van der Waals surface area (Å²) >= 11 is 0. The Labute approximate surface area is 160 Å². The lowest BCUT2D eigenvalue weighted by atomic mass is 9.91. The number of hydrogen-bond donors (Lipinski definition) is 1. The largest absolute Gasteiger partial charge is 0.466 e. The molecule has 1 N–H and O–H groups in total. The van der Waals surface area contributed by atoms with Gasteiger partial charge in [0.05, 0.1) is 38.5 Å². The molecule has 3 aliphatic heterocycles. The molecule has 1 saturated heterocycles. The van der Waals surface area contributed by atoms with Crippen LogP contribution in [0.3, 0.4) is 0 Å². The van der Waals surface area contributed by atoms with Gasteiger partial charge in [-0.3, -0.25) is 0 Å². The summed E-state index contributed by atoms with van der Waals surface area (Å²) in [6.07, 6.45) is 4.14. The first-order chi connectivity index (χ1) is 13.2. The molecule has 1 aromatic heterocycles. The Morgan fingerprint density at radius 1 is 1.19 bits per heavy atom. The number of piperidine rings is 1. The van der Waals surface area contributed by atoms with Crippen LogP contribution in [0.4, 0.5) is 0 Å². The topological polar surface area (TPSA) is 42.4 Å². The molecular formula is C22H28N3O2+. The summed E-state index contributed by atoms with van der Waals surface area (Å²) in [4.78, 5) is 1.69. The molecule has 0 saturated carbocycles. The van der Waals surface area contributed by atoms with Crippen LogP contribution in [-0.4, -0.2) is 36.1 Å². The third kappa shape index (κ3) is 2.76. The Hall–Kier alpha value is -2.27. The van der Waals surface area contributed by atoms with Crippen LogP contribution >= 0.6 is 0 Å². The van der Waals surface area contributed by atoms with Gasteiger partial charge in [0.1, 0.15) is 23.0 Å². The van der Waals surface area contributed by atoms with E-state index in [1.165, 1.54) is 18.5 Å². The first-order valence-corrected chi connectivity index (χ1v) is 10.2. The van der Waals surface area contributed by atoms with Crippen LogP contribution in [0.5, 0.6) is 5.75 Å². The zero-order valence-electron chi connectivity index (χ0n) is 16.2. The second kappa shape index (κ2) is 6.41. The van der Waals surface area contributed by atoms with Gasteiger partial charge in [0.15, 0.2) is 0 Å². The van der Waals surface area contributed by atoms with E-state index < -0.39 is 0 Å². The molecule has 0 unspecified atom stereocenters. The number of quaternary nitrogens is 1. The van der Waals surface area contributed by atoms with Crippen LogP contribution in [-0.2, 0) is 0 Å². The summed E-state index contributed by atoms with van der Waals surface area (Å²) < 4.78 is 12.5. The van der Waals surface area contributed by atoms with Crippen molar-refractivity contribution in [3.63, 3.8) is 0 Å². The lowest BCUT2D eigenvalue weighted by molar-refractivity contribution is -0.908. The fourth-order valence-electron chi connectivity index (χ4n) is 4.90. The highest BCUT2D eigenvalue weighted by atomic mass is 16.5. The van der Waals surface area contributed by atoms with E-state index >= 15 is 0 Å². The monoisotopic (exact) mass is 366 g/mol. The minimum atomic E-state index is -0.320. The van der Waals surface area contributed by atoms with Crippen LogP contribution in [0.15, 0.2) is 45.9 Å². The van der Waals surface area contributed by atoms with Crippen molar-refractivity contribution in [3.8, 4) is 5.75 Å². The van der Waals surface area contributed by atoms with E-state index in [1.807, 2.05) is 19.1 Å². The Bertz CT molecular complexity index is 864. The van der Waals surface area contributed by atoms with Gasteiger partial charge in [-0.1, -0.05) is 25.1 Å². The normalized spacial score (nSPS) is 29.3. The second-order valence-electron chi connectivity index (χ2n) is 8.11. The molecule has 4 heterocycles. The van der Waals surface area contributed by atoms with Crippen LogP contribution in [0, 0.1) is 6.92 Å². The van der Waals surface area contributed by atoms with E-state index in [0.717, 1.165) is 55.3 Å². The number of hydrazone groups is 1. The van der Waals surface area contributed by atoms with E-state index in [-0.39, 0.29) is 11.8 Å². The molecular weight excluding hydrogens is 338 g/mol. The quantitative estimate of drug-likeness (QED) is 0.908. The zero-order valence-corrected chi connectivity index (χ0v) is 16.2. The molecule has 0 aliphatic carbocycles. The van der Waals surface area contributed by atoms with E-state index in [2.05, 4.69) is 36.2 Å². The molecule has 5 rings (SSSR count). The minimum absolute atomic E-state index is 0.239. The van der Waals surface area contributed by atoms with Crippen LogP contribution in [0.25, 0.3) is 0 Å². The van der Waals surface area contributed by atoms with E-state index in [4.69, 9.17) is 14.3 Å². The lowest BCUT2D eigenvalue weighted by Crippen LogP contribution is -3.14. The molecule has 0 bridgehead atoms. The maximum Gasteiger partial charge on any atom is 0.208 e. The number of para-hydroxylation sites is 1. The van der Waals surface area contributed by atoms with Gasteiger partial charge in [-0.25, -0.2) is 5.01 Å². The molecule has 1 fully saturated rings. The number of furan rings is 1. The van der Waals surface area contributed by atoms with E-state index in [1.54, 1.807) is 4.90 Å². The highest BCUT2D eigenvalue weighted by Crippen LogP contribution is 2.49. The van der Waals surface area contributed by atoms with Gasteiger partial charge < -0.3 is 14.1 Å². The van der Waals surface area contributed by atoms with Gasteiger partial charge >= 0.3 is 0 Å². The summed E-state index contributed by atoms with van der Waals surface area (Å²) in [6.45, 7) is 7.78. The standard InChI is InChI=1S/C22H27N3O2/c1-3-12-24-13-10-22(11-14-24)25-19(17-6-4-5-7-20(17)27-22)15-18(23-25)21-9-8-16(2)26-21/h4-9,19H,3,10-15H2,1-2H3/p+1/t19-/m0/s1. The predicted molar refractivity (Wildman–Crippen MR) is 104 cm³/mol. The smallest absolute Gasteiger partial charge is 0.208 e. The van der Waals surface area contributed by atoms with Crippen molar-refractivity contribution in [2.75, 3.05) is 19.6 Å². The first kappa shape index (κ1) is 16.9. The zero-order chi connectivity index (χ0) is 18.4. The van der Waals surface area contributed by atoms with E-state index in [0.29, 0.717) is 0 Å². The highest BCUT2D eigenvalue weighted by Gasteiger charge is 2.53. The van der Waals surface area contributed by atoms with Gasteiger partial charge in [0, 0.05) is 12.0 Å². The van der Waals surface area contributed by atoms with E-state index in [9.17, 15) is 0 Å². The summed E-state index contributed by atoms with van der Waals surface area (Å²) in [7, 11) is 0. The molecule has 5 heteroatoms. The molecule has 0 amide bonds. The van der Waals surface area contributed by atoms with Crippen LogP contribution in [0.2, 0.25) is 0 Å². The number of likely N-dealkylation sites (tertiary alicyclic amines) is 1. The highest BCUT2D eigenvalue weighted by molar-refractivity contribution is 5.99. The Balaban J connectivity index is 1.51. The van der Waals surface area contributed by atoms with Gasteiger partial charge in [-0.2, -0.15) is 5.10 Å². The summed E-state index contributed by atoms with van der Waals surface area (Å²) in [5.41, 5.74) is 1.96. The van der Waals surface area contributed by atoms with Crippen molar-refractivity contribution in [1.29, 1.82) is 0 Å². The molecule has 2 aromatic rings. The Morgan fingerprint density at radius 3 is 2.74 bits per heavy atom. The molecule has 1 spiro atoms. The number of nitrogens with one attached hydrogen (secondary N) is 1. The fourth-order valence-corrected chi connectivity index (χ4v) is 4.90. The predicted octanol–water partition coefficient (Wildman–Crippen LogP) is 2.92. The number of rotatable bonds is 3. The minimum Gasteiger partial charge on any atom is -0.466 e. The lowest BCUT2D eigenvalue weighted by Gasteiger charge is -2.50. The average molecular weight is 366 g/mol. The molecule has 1 atom stereocenters. The average Bonchev–Trinajstić information content (AvgIpc) is 3.31. The molecule has 1 aromatic carbocycles. The van der Waals surface area contributed by atoms with Gasteiger partial charge in [0.2, 0.25) is 5.72 Å². The molecule has 0 radical (unpaired) electrons. The van der Waals surface area contributed by atoms with Gasteiger partial charge in [-0.05, 0) is 31.5 Å². The van der Waals surface area contributed by atoms with Crippen molar-refractivity contribution in [1.82, 2.24) is 5.01 Å². The second-order valence-corrected chi connectivity index (χ2v) is 8.11. The third-order valence-electron chi connectivity index (χ3n) is 6.27. The molecule has 3 aliphatic rings. The van der Waals surface area contributed by atoms with Crippen molar-refractivity contribution < 1.29 is 14.1 Å². The fraction of sp³-hybridized carbons (Fsp3) is 0.500. The molecule has 5 nitrogen and oxygen atoms in total. The van der Waals surface area contributed by atoms with Crippen LogP contribution in [0.1, 0.15) is 55.7 Å². The maximum atomic E-state index is 6.67. The number of aryl methyl sites for hydroxylation is 1. The third-order valence-corrected chi connectivity index (χ3v) is 6.27. The van der Waals surface area contributed by atoms with Crippen LogP contribution < -0.4 is 9.64 Å². The Kier molecular flexibility index (Phi) is 4.01. The maximum absolute atomic E-state index is 6.67. The number of ether oxygens (including phenoxy) is 1. The number of hydrogen-bond acceptors (Lipinski definition) is 4. The number of fused-ring (bicyclic) bond motifs is 4. The first-order valence-electron chi connectivity index (χ1n) is 10.2. The van der Waals surface area contributed by atoms with Crippen molar-refractivity contribution in [3.05, 3.63) is 53.5 Å². The summed E-state index contributed by atoms with van der Waals surface area (Å²) in [5.74, 6) is 2.86. The Morgan fingerprint density at radius 2 is 2.00 bits per heavy atom. The van der Waals surface area contributed by atoms with Crippen molar-refractivity contribution in [2.45, 2.75) is 51.3 Å². The molecule has 142 valence electrons. The van der Waals surface area contributed by atoms with Gasteiger partial charge in [-0.15, -0.1) is 0 Å².